The average Bonchev–Trinajstić information content (AvgIpc) is 2.93. The Labute approximate surface area is 223 Å². The van der Waals surface area contributed by atoms with Crippen LogP contribution in [0, 0.1) is 0 Å². The molecule has 9 heteroatoms. The first-order chi connectivity index (χ1) is 18.3. The Hall–Kier alpha value is -3.53. The molecule has 0 atom stereocenters. The van der Waals surface area contributed by atoms with Gasteiger partial charge < -0.3 is 10.2 Å². The Balaban J connectivity index is 1.16. The summed E-state index contributed by atoms with van der Waals surface area (Å²) in [4.78, 5) is 28.5. The van der Waals surface area contributed by atoms with Crippen LogP contribution in [-0.2, 0) is 34.3 Å². The van der Waals surface area contributed by atoms with E-state index < -0.39 is 10.0 Å². The number of nitrogens with one attached hydrogen (secondary N) is 1. The van der Waals surface area contributed by atoms with Crippen molar-refractivity contribution in [3.63, 3.8) is 0 Å². The summed E-state index contributed by atoms with van der Waals surface area (Å²) in [5, 5.41) is 2.84. The number of hydrogen-bond acceptors (Lipinski definition) is 5. The van der Waals surface area contributed by atoms with Gasteiger partial charge in [0, 0.05) is 64.0 Å². The fourth-order valence-electron chi connectivity index (χ4n) is 5.01. The summed E-state index contributed by atoms with van der Waals surface area (Å²) in [7, 11) is -3.66. The number of sulfonamides is 1. The van der Waals surface area contributed by atoms with Crippen LogP contribution in [0.5, 0.6) is 0 Å². The Morgan fingerprint density at radius 2 is 1.47 bits per heavy atom. The molecule has 0 aliphatic carbocycles. The van der Waals surface area contributed by atoms with Crippen molar-refractivity contribution in [3.05, 3.63) is 95.1 Å². The van der Waals surface area contributed by atoms with Crippen LogP contribution in [0.15, 0.2) is 77.7 Å². The van der Waals surface area contributed by atoms with Crippen molar-refractivity contribution >= 4 is 27.5 Å². The van der Waals surface area contributed by atoms with Crippen LogP contribution in [0.4, 0.5) is 5.69 Å². The number of piperazine rings is 1. The number of benzene rings is 3. The quantitative estimate of drug-likeness (QED) is 0.526. The first-order valence-electron chi connectivity index (χ1n) is 12.8. The zero-order valence-corrected chi connectivity index (χ0v) is 22.3. The SMILES string of the molecule is CC(=O)N1CCN(S(=O)(=O)c2ccc(NC(=O)c3ccc(CN4CCc5ccccc5C4)cc3)cc2)CC1. The maximum atomic E-state index is 13.0. The first kappa shape index (κ1) is 26.1. The summed E-state index contributed by atoms with van der Waals surface area (Å²) < 4.78 is 27.4. The van der Waals surface area contributed by atoms with Gasteiger partial charge in [0.05, 0.1) is 4.90 Å². The topological polar surface area (TPSA) is 90.0 Å². The largest absolute Gasteiger partial charge is 0.340 e. The molecular weight excluding hydrogens is 500 g/mol. The Kier molecular flexibility index (Phi) is 7.60. The molecule has 3 aromatic rings. The van der Waals surface area contributed by atoms with Crippen LogP contribution in [0.3, 0.4) is 0 Å². The zero-order chi connectivity index (χ0) is 26.7. The molecule has 2 aliphatic rings. The van der Waals surface area contributed by atoms with Gasteiger partial charge in [0.2, 0.25) is 15.9 Å². The van der Waals surface area contributed by atoms with E-state index in [-0.39, 0.29) is 29.8 Å². The average molecular weight is 533 g/mol. The van der Waals surface area contributed by atoms with Crippen molar-refractivity contribution in [2.45, 2.75) is 31.3 Å². The summed E-state index contributed by atoms with van der Waals surface area (Å²) in [5.41, 5.74) is 5.02. The van der Waals surface area contributed by atoms with Gasteiger partial charge in [-0.2, -0.15) is 4.31 Å². The molecule has 0 spiro atoms. The monoisotopic (exact) mass is 532 g/mol. The minimum atomic E-state index is -3.66. The predicted octanol–water partition coefficient (Wildman–Crippen LogP) is 3.35. The van der Waals surface area contributed by atoms with Gasteiger partial charge in [-0.25, -0.2) is 8.42 Å². The lowest BCUT2D eigenvalue weighted by Gasteiger charge is -2.33. The molecule has 1 N–H and O–H groups in total. The second-order valence-corrected chi connectivity index (χ2v) is 11.8. The van der Waals surface area contributed by atoms with Crippen LogP contribution in [0.1, 0.15) is 34.0 Å². The highest BCUT2D eigenvalue weighted by Crippen LogP contribution is 2.22. The van der Waals surface area contributed by atoms with E-state index in [2.05, 4.69) is 34.5 Å². The van der Waals surface area contributed by atoms with Crippen molar-refractivity contribution in [1.82, 2.24) is 14.1 Å². The number of fused-ring (bicyclic) bond motifs is 1. The maximum absolute atomic E-state index is 13.0. The minimum absolute atomic E-state index is 0.0510. The van der Waals surface area contributed by atoms with E-state index in [1.807, 2.05) is 24.3 Å². The van der Waals surface area contributed by atoms with Crippen molar-refractivity contribution in [3.8, 4) is 0 Å². The molecule has 1 fully saturated rings. The molecule has 198 valence electrons. The van der Waals surface area contributed by atoms with Crippen molar-refractivity contribution < 1.29 is 18.0 Å². The molecule has 0 aromatic heterocycles. The van der Waals surface area contributed by atoms with Gasteiger partial charge >= 0.3 is 0 Å². The molecule has 5 rings (SSSR count). The standard InChI is InChI=1S/C29H32N4O4S/c1-22(34)32-16-18-33(19-17-32)38(36,37)28-12-10-27(11-13-28)30-29(35)25-8-6-23(7-9-25)20-31-15-14-24-4-2-3-5-26(24)21-31/h2-13H,14-21H2,1H3,(H,30,35). The molecule has 0 unspecified atom stereocenters. The van der Waals surface area contributed by atoms with Gasteiger partial charge in [-0.3, -0.25) is 14.5 Å². The molecule has 3 aromatic carbocycles. The number of carbonyl (C=O) groups is 2. The van der Waals surface area contributed by atoms with Crippen LogP contribution in [0.2, 0.25) is 0 Å². The Morgan fingerprint density at radius 1 is 0.816 bits per heavy atom. The molecule has 0 radical (unpaired) electrons. The van der Waals surface area contributed by atoms with E-state index in [0.717, 1.165) is 31.6 Å². The molecule has 0 saturated carbocycles. The number of nitrogens with zero attached hydrogens (tertiary/aromatic N) is 3. The summed E-state index contributed by atoms with van der Waals surface area (Å²) >= 11 is 0. The van der Waals surface area contributed by atoms with E-state index in [1.165, 1.54) is 34.5 Å². The Bertz CT molecular complexity index is 1410. The molecule has 2 aliphatic heterocycles. The van der Waals surface area contributed by atoms with E-state index >= 15 is 0 Å². The number of hydrogen-bond donors (Lipinski definition) is 1. The van der Waals surface area contributed by atoms with Crippen LogP contribution in [-0.4, -0.2) is 67.1 Å². The van der Waals surface area contributed by atoms with Crippen LogP contribution < -0.4 is 5.32 Å². The van der Waals surface area contributed by atoms with Gasteiger partial charge in [0.25, 0.3) is 5.91 Å². The van der Waals surface area contributed by atoms with Crippen molar-refractivity contribution in [2.75, 3.05) is 38.0 Å². The van der Waals surface area contributed by atoms with Gasteiger partial charge in [0.1, 0.15) is 0 Å². The second kappa shape index (κ2) is 11.1. The van der Waals surface area contributed by atoms with Gasteiger partial charge in [0.15, 0.2) is 0 Å². The number of carbonyl (C=O) groups excluding carboxylic acids is 2. The molecular formula is C29H32N4O4S. The van der Waals surface area contributed by atoms with Gasteiger partial charge in [-0.05, 0) is 59.5 Å². The number of anilines is 1. The highest BCUT2D eigenvalue weighted by atomic mass is 32.2. The third-order valence-electron chi connectivity index (χ3n) is 7.27. The van der Waals surface area contributed by atoms with E-state index in [1.54, 1.807) is 17.0 Å². The predicted molar refractivity (Wildman–Crippen MR) is 146 cm³/mol. The lowest BCUT2D eigenvalue weighted by Crippen LogP contribution is -2.49. The molecule has 2 amide bonds. The molecule has 0 bridgehead atoms. The zero-order valence-electron chi connectivity index (χ0n) is 21.5. The summed E-state index contributed by atoms with van der Waals surface area (Å²) in [6, 6.07) is 22.4. The fourth-order valence-corrected chi connectivity index (χ4v) is 6.44. The highest BCUT2D eigenvalue weighted by molar-refractivity contribution is 7.89. The summed E-state index contributed by atoms with van der Waals surface area (Å²) in [6.07, 6.45) is 1.05. The van der Waals surface area contributed by atoms with Crippen LogP contribution in [0.25, 0.3) is 0 Å². The molecule has 38 heavy (non-hydrogen) atoms. The normalized spacial score (nSPS) is 16.6. The lowest BCUT2D eigenvalue weighted by atomic mass is 9.99. The Morgan fingerprint density at radius 3 is 2.13 bits per heavy atom. The molecule has 8 nitrogen and oxygen atoms in total. The molecule has 1 saturated heterocycles. The minimum Gasteiger partial charge on any atom is -0.340 e. The van der Waals surface area contributed by atoms with E-state index in [0.29, 0.717) is 24.3 Å². The summed E-state index contributed by atoms with van der Waals surface area (Å²) in [5.74, 6) is -0.302. The first-order valence-corrected chi connectivity index (χ1v) is 14.3. The van der Waals surface area contributed by atoms with Crippen LogP contribution >= 0.6 is 0 Å². The van der Waals surface area contributed by atoms with Gasteiger partial charge in [-0.15, -0.1) is 0 Å². The second-order valence-electron chi connectivity index (χ2n) is 9.81. The summed E-state index contributed by atoms with van der Waals surface area (Å²) in [6.45, 7) is 5.55. The number of rotatable bonds is 6. The smallest absolute Gasteiger partial charge is 0.255 e. The van der Waals surface area contributed by atoms with Gasteiger partial charge in [-0.1, -0.05) is 36.4 Å². The van der Waals surface area contributed by atoms with E-state index in [4.69, 9.17) is 0 Å². The van der Waals surface area contributed by atoms with Crippen molar-refractivity contribution in [1.29, 1.82) is 0 Å². The van der Waals surface area contributed by atoms with E-state index in [9.17, 15) is 18.0 Å². The number of amides is 2. The molecule has 2 heterocycles. The lowest BCUT2D eigenvalue weighted by molar-refractivity contribution is -0.129. The third-order valence-corrected chi connectivity index (χ3v) is 9.18. The van der Waals surface area contributed by atoms with Crippen molar-refractivity contribution in [2.24, 2.45) is 0 Å². The third kappa shape index (κ3) is 5.80. The maximum Gasteiger partial charge on any atom is 0.255 e. The fraction of sp³-hybridized carbons (Fsp3) is 0.310. The highest BCUT2D eigenvalue weighted by Gasteiger charge is 2.29.